The lowest BCUT2D eigenvalue weighted by Crippen LogP contribution is -2.18. The third-order valence-electron chi connectivity index (χ3n) is 4.66. The summed E-state index contributed by atoms with van der Waals surface area (Å²) in [7, 11) is 0. The van der Waals surface area contributed by atoms with E-state index in [1.165, 1.54) is 22.8 Å². The Bertz CT molecular complexity index is 678. The van der Waals surface area contributed by atoms with Crippen molar-refractivity contribution in [2.24, 2.45) is 5.73 Å². The second-order valence-electron chi connectivity index (χ2n) is 5.68. The van der Waals surface area contributed by atoms with Crippen molar-refractivity contribution in [2.75, 3.05) is 0 Å². The molecule has 0 heterocycles. The zero-order valence-electron chi connectivity index (χ0n) is 13.1. The van der Waals surface area contributed by atoms with Crippen LogP contribution in [-0.2, 0) is 0 Å². The first kappa shape index (κ1) is 16.0. The summed E-state index contributed by atoms with van der Waals surface area (Å²) >= 11 is 5.99. The van der Waals surface area contributed by atoms with E-state index in [-0.39, 0.29) is 5.82 Å². The maximum atomic E-state index is 14.1. The first-order chi connectivity index (χ1) is 9.75. The van der Waals surface area contributed by atoms with Gasteiger partial charge < -0.3 is 5.73 Å². The molecule has 0 aromatic heterocycles. The van der Waals surface area contributed by atoms with Crippen LogP contribution >= 0.6 is 11.6 Å². The number of rotatable bonds is 2. The third-order valence-corrected chi connectivity index (χ3v) is 4.90. The highest BCUT2D eigenvalue weighted by Gasteiger charge is 2.21. The van der Waals surface area contributed by atoms with Crippen molar-refractivity contribution in [1.29, 1.82) is 0 Å². The van der Waals surface area contributed by atoms with Gasteiger partial charge in [-0.05, 0) is 86.2 Å². The number of benzene rings is 2. The van der Waals surface area contributed by atoms with Crippen molar-refractivity contribution in [3.63, 3.8) is 0 Å². The summed E-state index contributed by atoms with van der Waals surface area (Å²) in [4.78, 5) is 0. The Morgan fingerprint density at radius 1 is 0.905 bits per heavy atom. The third kappa shape index (κ3) is 2.70. The minimum Gasteiger partial charge on any atom is -0.320 e. The van der Waals surface area contributed by atoms with Crippen LogP contribution in [0.4, 0.5) is 4.39 Å². The van der Waals surface area contributed by atoms with Gasteiger partial charge >= 0.3 is 0 Å². The normalized spacial score (nSPS) is 12.6. The maximum absolute atomic E-state index is 14.1. The van der Waals surface area contributed by atoms with Gasteiger partial charge in [-0.15, -0.1) is 0 Å². The number of hydrogen-bond acceptors (Lipinski definition) is 1. The number of hydrogen-bond donors (Lipinski definition) is 1. The first-order valence-electron chi connectivity index (χ1n) is 7.03. The Balaban J connectivity index is 2.69. The molecule has 0 saturated heterocycles. The van der Waals surface area contributed by atoms with E-state index in [1.807, 2.05) is 13.8 Å². The Labute approximate surface area is 130 Å². The monoisotopic (exact) mass is 305 g/mol. The predicted octanol–water partition coefficient (Wildman–Crippen LogP) is 5.07. The SMILES string of the molecule is Cc1c(C)c(C)c(C(N)c2cc(Cl)ccc2F)c(C)c1C. The molecule has 0 radical (unpaired) electrons. The molecule has 112 valence electrons. The molecule has 1 nitrogen and oxygen atoms in total. The summed E-state index contributed by atoms with van der Waals surface area (Å²) < 4.78 is 14.1. The van der Waals surface area contributed by atoms with Gasteiger partial charge in [0.25, 0.3) is 0 Å². The predicted molar refractivity (Wildman–Crippen MR) is 87.6 cm³/mol. The molecule has 3 heteroatoms. The molecule has 2 aromatic carbocycles. The van der Waals surface area contributed by atoms with Crippen LogP contribution in [0, 0.1) is 40.4 Å². The average Bonchev–Trinajstić information content (AvgIpc) is 2.45. The van der Waals surface area contributed by atoms with Gasteiger partial charge in [-0.3, -0.25) is 0 Å². The molecule has 2 N–H and O–H groups in total. The van der Waals surface area contributed by atoms with Crippen LogP contribution in [0.15, 0.2) is 18.2 Å². The summed E-state index contributed by atoms with van der Waals surface area (Å²) in [5.41, 5.74) is 13.8. The van der Waals surface area contributed by atoms with E-state index in [9.17, 15) is 4.39 Å². The van der Waals surface area contributed by atoms with E-state index in [0.717, 1.165) is 16.7 Å². The van der Waals surface area contributed by atoms with Gasteiger partial charge in [0, 0.05) is 10.6 Å². The molecule has 0 amide bonds. The molecule has 1 unspecified atom stereocenters. The van der Waals surface area contributed by atoms with E-state index >= 15 is 0 Å². The summed E-state index contributed by atoms with van der Waals surface area (Å²) in [5, 5.41) is 0.498. The molecule has 0 saturated carbocycles. The second kappa shape index (κ2) is 5.78. The minimum absolute atomic E-state index is 0.318. The lowest BCUT2D eigenvalue weighted by atomic mass is 9.84. The zero-order valence-corrected chi connectivity index (χ0v) is 13.9. The van der Waals surface area contributed by atoms with E-state index in [0.29, 0.717) is 10.6 Å². The van der Waals surface area contributed by atoms with Crippen LogP contribution in [0.5, 0.6) is 0 Å². The van der Waals surface area contributed by atoms with Gasteiger partial charge in [0.15, 0.2) is 0 Å². The molecule has 0 fully saturated rings. The highest BCUT2D eigenvalue weighted by molar-refractivity contribution is 6.30. The largest absolute Gasteiger partial charge is 0.320 e. The maximum Gasteiger partial charge on any atom is 0.128 e. The molecule has 2 rings (SSSR count). The van der Waals surface area contributed by atoms with Crippen LogP contribution in [0.1, 0.15) is 45.0 Å². The van der Waals surface area contributed by atoms with Crippen molar-refractivity contribution in [3.05, 3.63) is 68.0 Å². The van der Waals surface area contributed by atoms with Gasteiger partial charge in [-0.2, -0.15) is 0 Å². The Kier molecular flexibility index (Phi) is 4.40. The van der Waals surface area contributed by atoms with Crippen molar-refractivity contribution in [3.8, 4) is 0 Å². The van der Waals surface area contributed by atoms with Gasteiger partial charge in [-0.1, -0.05) is 11.6 Å². The first-order valence-corrected chi connectivity index (χ1v) is 7.40. The van der Waals surface area contributed by atoms with Crippen molar-refractivity contribution < 1.29 is 4.39 Å². The lowest BCUT2D eigenvalue weighted by Gasteiger charge is -2.24. The van der Waals surface area contributed by atoms with E-state index in [4.69, 9.17) is 17.3 Å². The molecule has 21 heavy (non-hydrogen) atoms. The van der Waals surface area contributed by atoms with Crippen LogP contribution in [0.2, 0.25) is 5.02 Å². The lowest BCUT2D eigenvalue weighted by molar-refractivity contribution is 0.598. The fourth-order valence-corrected chi connectivity index (χ4v) is 3.08. The van der Waals surface area contributed by atoms with Crippen molar-refractivity contribution in [1.82, 2.24) is 0 Å². The average molecular weight is 306 g/mol. The highest BCUT2D eigenvalue weighted by Crippen LogP contribution is 2.34. The van der Waals surface area contributed by atoms with Crippen molar-refractivity contribution >= 4 is 11.6 Å². The minimum atomic E-state index is -0.512. The summed E-state index contributed by atoms with van der Waals surface area (Å²) in [6.45, 7) is 10.4. The second-order valence-corrected chi connectivity index (χ2v) is 6.12. The molecular weight excluding hydrogens is 285 g/mol. The summed E-state index contributed by atoms with van der Waals surface area (Å²) in [6, 6.07) is 4.01. The van der Waals surface area contributed by atoms with Gasteiger partial charge in [0.05, 0.1) is 6.04 Å². The molecule has 2 aromatic rings. The van der Waals surface area contributed by atoms with E-state index in [2.05, 4.69) is 20.8 Å². The van der Waals surface area contributed by atoms with Gasteiger partial charge in [-0.25, -0.2) is 4.39 Å². The molecular formula is C18H21ClFN. The molecule has 0 aliphatic carbocycles. The topological polar surface area (TPSA) is 26.0 Å². The van der Waals surface area contributed by atoms with E-state index in [1.54, 1.807) is 12.1 Å². The van der Waals surface area contributed by atoms with Crippen LogP contribution in [-0.4, -0.2) is 0 Å². The summed E-state index contributed by atoms with van der Waals surface area (Å²) in [5.74, 6) is -0.318. The fourth-order valence-electron chi connectivity index (χ4n) is 2.90. The molecule has 0 aliphatic heterocycles. The van der Waals surface area contributed by atoms with Crippen molar-refractivity contribution in [2.45, 2.75) is 40.7 Å². The highest BCUT2D eigenvalue weighted by atomic mass is 35.5. The molecule has 0 spiro atoms. The number of nitrogens with two attached hydrogens (primary N) is 1. The smallest absolute Gasteiger partial charge is 0.128 e. The van der Waals surface area contributed by atoms with Crippen LogP contribution in [0.25, 0.3) is 0 Å². The zero-order chi connectivity index (χ0) is 15.9. The van der Waals surface area contributed by atoms with Crippen LogP contribution in [0.3, 0.4) is 0 Å². The molecule has 0 bridgehead atoms. The molecule has 1 atom stereocenters. The standard InChI is InChI=1S/C18H21ClFN/c1-9-10(2)12(4)17(13(5)11(9)3)18(21)15-8-14(19)6-7-16(15)20/h6-8,18H,21H2,1-5H3. The van der Waals surface area contributed by atoms with E-state index < -0.39 is 6.04 Å². The quantitative estimate of drug-likeness (QED) is 0.823. The fraction of sp³-hybridized carbons (Fsp3) is 0.333. The Hall–Kier alpha value is -1.38. The Morgan fingerprint density at radius 3 is 1.90 bits per heavy atom. The summed E-state index contributed by atoms with van der Waals surface area (Å²) in [6.07, 6.45) is 0. The van der Waals surface area contributed by atoms with Gasteiger partial charge in [0.2, 0.25) is 0 Å². The van der Waals surface area contributed by atoms with Crippen LogP contribution < -0.4 is 5.73 Å². The number of halogens is 2. The Morgan fingerprint density at radius 2 is 1.38 bits per heavy atom. The van der Waals surface area contributed by atoms with Gasteiger partial charge in [0.1, 0.15) is 5.82 Å². The molecule has 0 aliphatic rings.